The summed E-state index contributed by atoms with van der Waals surface area (Å²) >= 11 is 3.43. The molecule has 2 aromatic carbocycles. The Hall–Kier alpha value is -2.06. The zero-order valence-corrected chi connectivity index (χ0v) is 17.9. The van der Waals surface area contributed by atoms with E-state index in [1.54, 1.807) is 29.2 Å². The molecule has 0 unspecified atom stereocenters. The molecule has 0 radical (unpaired) electrons. The standard InChI is InChI=1S/C19H23BrN2O4S/c1-14(2)12-22(19(23)21-18-7-5-4-6-17(18)20)13-15-8-10-16(11-9-15)26-27(3,24)25/h4-11,14H,12-13H2,1-3H3,(H,21,23). The molecule has 0 saturated heterocycles. The molecule has 2 amide bonds. The lowest BCUT2D eigenvalue weighted by Gasteiger charge is -2.25. The molecule has 0 aromatic heterocycles. The van der Waals surface area contributed by atoms with Gasteiger partial charge in [0, 0.05) is 17.6 Å². The number of carbonyl (C=O) groups excluding carboxylic acids is 1. The Balaban J connectivity index is 2.11. The summed E-state index contributed by atoms with van der Waals surface area (Å²) in [7, 11) is -3.56. The first-order chi connectivity index (χ1) is 12.6. The van der Waals surface area contributed by atoms with Gasteiger partial charge in [-0.1, -0.05) is 38.1 Å². The van der Waals surface area contributed by atoms with Gasteiger partial charge in [0.05, 0.1) is 11.9 Å². The lowest BCUT2D eigenvalue weighted by Crippen LogP contribution is -2.37. The van der Waals surface area contributed by atoms with Gasteiger partial charge >= 0.3 is 16.1 Å². The second-order valence-electron chi connectivity index (χ2n) is 6.62. The molecule has 2 aromatic rings. The number of hydrogen-bond donors (Lipinski definition) is 1. The molecule has 0 spiro atoms. The van der Waals surface area contributed by atoms with Crippen LogP contribution in [-0.4, -0.2) is 32.1 Å². The number of halogens is 1. The third-order valence-electron chi connectivity index (χ3n) is 3.53. The summed E-state index contributed by atoms with van der Waals surface area (Å²) in [4.78, 5) is 14.5. The Kier molecular flexibility index (Phi) is 7.26. The number of urea groups is 1. The van der Waals surface area contributed by atoms with Gasteiger partial charge in [0.15, 0.2) is 0 Å². The van der Waals surface area contributed by atoms with E-state index in [2.05, 4.69) is 21.2 Å². The number of hydrogen-bond acceptors (Lipinski definition) is 4. The minimum atomic E-state index is -3.56. The van der Waals surface area contributed by atoms with Crippen molar-refractivity contribution in [2.45, 2.75) is 20.4 Å². The lowest BCUT2D eigenvalue weighted by molar-refractivity contribution is 0.201. The molecule has 0 heterocycles. The average molecular weight is 455 g/mol. The Morgan fingerprint density at radius 3 is 2.33 bits per heavy atom. The van der Waals surface area contributed by atoms with Crippen molar-refractivity contribution in [3.8, 4) is 5.75 Å². The maximum atomic E-state index is 12.7. The van der Waals surface area contributed by atoms with E-state index >= 15 is 0 Å². The minimum Gasteiger partial charge on any atom is -0.383 e. The zero-order valence-electron chi connectivity index (χ0n) is 15.5. The second-order valence-corrected chi connectivity index (χ2v) is 9.05. The number of anilines is 1. The molecule has 1 N–H and O–H groups in total. The Morgan fingerprint density at radius 1 is 1.15 bits per heavy atom. The first kappa shape index (κ1) is 21.2. The highest BCUT2D eigenvalue weighted by Gasteiger charge is 2.17. The Morgan fingerprint density at radius 2 is 1.78 bits per heavy atom. The molecule has 8 heteroatoms. The summed E-state index contributed by atoms with van der Waals surface area (Å²) in [6, 6.07) is 13.9. The molecule has 0 atom stereocenters. The highest BCUT2D eigenvalue weighted by Crippen LogP contribution is 2.22. The van der Waals surface area contributed by atoms with Crippen molar-refractivity contribution in [3.05, 3.63) is 58.6 Å². The molecule has 0 aliphatic carbocycles. The summed E-state index contributed by atoms with van der Waals surface area (Å²) in [5.41, 5.74) is 1.58. The van der Waals surface area contributed by atoms with Crippen molar-refractivity contribution in [2.75, 3.05) is 18.1 Å². The van der Waals surface area contributed by atoms with Gasteiger partial charge in [-0.3, -0.25) is 0 Å². The van der Waals surface area contributed by atoms with E-state index in [4.69, 9.17) is 4.18 Å². The number of nitrogens with one attached hydrogen (secondary N) is 1. The fourth-order valence-electron chi connectivity index (χ4n) is 2.46. The van der Waals surface area contributed by atoms with E-state index in [-0.39, 0.29) is 11.8 Å². The third-order valence-corrected chi connectivity index (χ3v) is 4.72. The van der Waals surface area contributed by atoms with Crippen LogP contribution in [0.3, 0.4) is 0 Å². The maximum absolute atomic E-state index is 12.7. The SMILES string of the molecule is CC(C)CN(Cc1ccc(OS(C)(=O)=O)cc1)C(=O)Nc1ccccc1Br. The summed E-state index contributed by atoms with van der Waals surface area (Å²) in [6.45, 7) is 5.06. The number of amides is 2. The first-order valence-electron chi connectivity index (χ1n) is 8.43. The van der Waals surface area contributed by atoms with E-state index in [1.807, 2.05) is 38.1 Å². The van der Waals surface area contributed by atoms with E-state index in [0.29, 0.717) is 24.7 Å². The number of benzene rings is 2. The quantitative estimate of drug-likeness (QED) is 0.625. The van der Waals surface area contributed by atoms with Crippen LogP contribution in [0.4, 0.5) is 10.5 Å². The fraction of sp³-hybridized carbons (Fsp3) is 0.316. The van der Waals surface area contributed by atoms with Crippen molar-refractivity contribution in [1.29, 1.82) is 0 Å². The van der Waals surface area contributed by atoms with E-state index in [9.17, 15) is 13.2 Å². The lowest BCUT2D eigenvalue weighted by atomic mass is 10.1. The van der Waals surface area contributed by atoms with Crippen molar-refractivity contribution in [2.24, 2.45) is 5.92 Å². The first-order valence-corrected chi connectivity index (χ1v) is 11.0. The van der Waals surface area contributed by atoms with Gasteiger partial charge in [0.25, 0.3) is 0 Å². The van der Waals surface area contributed by atoms with Crippen molar-refractivity contribution >= 4 is 37.8 Å². The van der Waals surface area contributed by atoms with Crippen molar-refractivity contribution < 1.29 is 17.4 Å². The predicted molar refractivity (Wildman–Crippen MR) is 110 cm³/mol. The molecule has 27 heavy (non-hydrogen) atoms. The highest BCUT2D eigenvalue weighted by molar-refractivity contribution is 9.10. The minimum absolute atomic E-state index is 0.202. The monoisotopic (exact) mass is 454 g/mol. The molecular weight excluding hydrogens is 432 g/mol. The molecule has 0 saturated carbocycles. The number of carbonyl (C=O) groups is 1. The largest absolute Gasteiger partial charge is 0.383 e. The molecule has 0 aliphatic heterocycles. The highest BCUT2D eigenvalue weighted by atomic mass is 79.9. The van der Waals surface area contributed by atoms with Crippen LogP contribution in [0.5, 0.6) is 5.75 Å². The van der Waals surface area contributed by atoms with Crippen LogP contribution in [0.25, 0.3) is 0 Å². The molecule has 2 rings (SSSR count). The van der Waals surface area contributed by atoms with E-state index in [1.165, 1.54) is 0 Å². The van der Waals surface area contributed by atoms with Crippen LogP contribution in [0.1, 0.15) is 19.4 Å². The molecule has 146 valence electrons. The molecule has 0 fully saturated rings. The smallest absolute Gasteiger partial charge is 0.322 e. The van der Waals surface area contributed by atoms with Crippen molar-refractivity contribution in [1.82, 2.24) is 4.90 Å². The number of nitrogens with zero attached hydrogens (tertiary/aromatic N) is 1. The normalized spacial score (nSPS) is 11.3. The van der Waals surface area contributed by atoms with Gasteiger partial charge in [-0.25, -0.2) is 4.79 Å². The van der Waals surface area contributed by atoms with Gasteiger partial charge < -0.3 is 14.4 Å². The topological polar surface area (TPSA) is 75.7 Å². The van der Waals surface area contributed by atoms with Gasteiger partial charge in [-0.15, -0.1) is 0 Å². The number of para-hydroxylation sites is 1. The van der Waals surface area contributed by atoms with Crippen LogP contribution in [0.15, 0.2) is 53.0 Å². The second kappa shape index (κ2) is 9.23. The predicted octanol–water partition coefficient (Wildman–Crippen LogP) is 4.48. The van der Waals surface area contributed by atoms with Crippen LogP contribution in [0, 0.1) is 5.92 Å². The molecule has 0 aliphatic rings. The summed E-state index contributed by atoms with van der Waals surface area (Å²) in [6.07, 6.45) is 0.997. The van der Waals surface area contributed by atoms with Gasteiger partial charge in [-0.2, -0.15) is 8.42 Å². The Labute approximate surface area is 168 Å². The summed E-state index contributed by atoms with van der Waals surface area (Å²) in [5.74, 6) is 0.539. The number of rotatable bonds is 7. The molecule has 6 nitrogen and oxygen atoms in total. The van der Waals surface area contributed by atoms with E-state index in [0.717, 1.165) is 16.3 Å². The van der Waals surface area contributed by atoms with Crippen molar-refractivity contribution in [3.63, 3.8) is 0 Å². The zero-order chi connectivity index (χ0) is 20.0. The van der Waals surface area contributed by atoms with Crippen LogP contribution in [-0.2, 0) is 16.7 Å². The van der Waals surface area contributed by atoms with E-state index < -0.39 is 10.1 Å². The third kappa shape index (κ3) is 7.22. The average Bonchev–Trinajstić information content (AvgIpc) is 2.56. The molecule has 0 bridgehead atoms. The fourth-order valence-corrected chi connectivity index (χ4v) is 3.31. The van der Waals surface area contributed by atoms with Gasteiger partial charge in [-0.05, 0) is 51.7 Å². The van der Waals surface area contributed by atoms with Crippen LogP contribution >= 0.6 is 15.9 Å². The summed E-state index contributed by atoms with van der Waals surface area (Å²) in [5, 5.41) is 2.91. The summed E-state index contributed by atoms with van der Waals surface area (Å²) < 4.78 is 28.0. The van der Waals surface area contributed by atoms with Crippen LogP contribution < -0.4 is 9.50 Å². The maximum Gasteiger partial charge on any atom is 0.322 e. The van der Waals surface area contributed by atoms with Crippen LogP contribution in [0.2, 0.25) is 0 Å². The van der Waals surface area contributed by atoms with Gasteiger partial charge in [0.1, 0.15) is 5.75 Å². The van der Waals surface area contributed by atoms with Gasteiger partial charge in [0.2, 0.25) is 0 Å². The molecular formula is C19H23BrN2O4S. The Bertz CT molecular complexity index is 883.